The average molecular weight is 921 g/mol. The molecule has 0 spiro atoms. The molecular formula is C64H56O6. The second-order valence-corrected chi connectivity index (χ2v) is 17.6. The average Bonchev–Trinajstić information content (AvgIpc) is 3.43. The Hall–Kier alpha value is -8.06. The van der Waals surface area contributed by atoms with Crippen molar-refractivity contribution in [1.29, 1.82) is 0 Å². The van der Waals surface area contributed by atoms with Crippen LogP contribution in [0.1, 0.15) is 67.3 Å². The number of benzene rings is 9. The summed E-state index contributed by atoms with van der Waals surface area (Å²) >= 11 is 0. The molecule has 1 aliphatic rings. The van der Waals surface area contributed by atoms with E-state index in [0.29, 0.717) is 63.8 Å². The Morgan fingerprint density at radius 3 is 1.21 bits per heavy atom. The van der Waals surface area contributed by atoms with Crippen molar-refractivity contribution >= 4 is 0 Å². The highest BCUT2D eigenvalue weighted by atomic mass is 16.5. The van der Waals surface area contributed by atoms with Crippen LogP contribution in [0.15, 0.2) is 231 Å². The third-order valence-electron chi connectivity index (χ3n) is 12.6. The van der Waals surface area contributed by atoms with Crippen LogP contribution in [0.3, 0.4) is 0 Å². The van der Waals surface area contributed by atoms with Crippen molar-refractivity contribution in [2.45, 2.75) is 64.5 Å². The second-order valence-electron chi connectivity index (χ2n) is 17.6. The fraction of sp³-hybridized carbons (Fsp3) is 0.156. The molecule has 2 atom stereocenters. The van der Waals surface area contributed by atoms with Gasteiger partial charge in [0.1, 0.15) is 49.8 Å². The first-order chi connectivity index (χ1) is 34.7. The molecule has 9 aromatic carbocycles. The highest BCUT2D eigenvalue weighted by Crippen LogP contribution is 2.52. The van der Waals surface area contributed by atoms with Crippen molar-refractivity contribution in [3.8, 4) is 28.7 Å². The molecule has 0 saturated carbocycles. The zero-order valence-electron chi connectivity index (χ0n) is 39.2. The lowest BCUT2D eigenvalue weighted by Crippen LogP contribution is -2.34. The number of hydrogen-bond donors (Lipinski definition) is 0. The van der Waals surface area contributed by atoms with Crippen LogP contribution in [0.25, 0.3) is 0 Å². The molecule has 0 unspecified atom stereocenters. The summed E-state index contributed by atoms with van der Waals surface area (Å²) in [6.45, 7) is 1.87. The van der Waals surface area contributed by atoms with E-state index in [0.717, 1.165) is 78.4 Å². The minimum Gasteiger partial charge on any atom is -0.488 e. The summed E-state index contributed by atoms with van der Waals surface area (Å²) in [4.78, 5) is 0. The van der Waals surface area contributed by atoms with Crippen molar-refractivity contribution in [2.75, 3.05) is 0 Å². The summed E-state index contributed by atoms with van der Waals surface area (Å²) in [5.74, 6) is 3.52. The van der Waals surface area contributed by atoms with Crippen LogP contribution in [0.5, 0.6) is 28.7 Å². The molecular weight excluding hydrogens is 865 g/mol. The van der Waals surface area contributed by atoms with Gasteiger partial charge in [0.15, 0.2) is 17.6 Å². The summed E-state index contributed by atoms with van der Waals surface area (Å²) in [6, 6.07) is 78.7. The molecule has 0 aliphatic carbocycles. The van der Waals surface area contributed by atoms with Gasteiger partial charge >= 0.3 is 0 Å². The summed E-state index contributed by atoms with van der Waals surface area (Å²) in [6.07, 6.45) is 0.655. The van der Waals surface area contributed by atoms with E-state index in [1.54, 1.807) is 0 Å². The van der Waals surface area contributed by atoms with Gasteiger partial charge in [0, 0.05) is 36.0 Å². The van der Waals surface area contributed by atoms with Gasteiger partial charge in [-0.15, -0.1) is 0 Å². The van der Waals surface area contributed by atoms with Crippen LogP contribution >= 0.6 is 0 Å². The highest BCUT2D eigenvalue weighted by Gasteiger charge is 2.39. The zero-order valence-corrected chi connectivity index (χ0v) is 39.2. The van der Waals surface area contributed by atoms with Gasteiger partial charge in [-0.3, -0.25) is 0 Å². The molecule has 348 valence electrons. The number of ether oxygens (including phenoxy) is 6. The summed E-state index contributed by atoms with van der Waals surface area (Å²) in [5.41, 5.74) is 11.4. The third-order valence-corrected chi connectivity index (χ3v) is 12.6. The highest BCUT2D eigenvalue weighted by molar-refractivity contribution is 5.66. The maximum atomic E-state index is 7.62. The minimum atomic E-state index is -0.558. The van der Waals surface area contributed by atoms with E-state index in [-0.39, 0.29) is 0 Å². The molecule has 1 heterocycles. The molecule has 0 amide bonds. The van der Waals surface area contributed by atoms with E-state index in [1.165, 1.54) is 0 Å². The van der Waals surface area contributed by atoms with Crippen molar-refractivity contribution in [1.82, 2.24) is 0 Å². The van der Waals surface area contributed by atoms with Gasteiger partial charge in [0.05, 0.1) is 6.61 Å². The van der Waals surface area contributed by atoms with Gasteiger partial charge in [0.25, 0.3) is 0 Å². The Balaban J connectivity index is 1.14. The molecule has 0 aromatic heterocycles. The maximum Gasteiger partial charge on any atom is 0.162 e. The van der Waals surface area contributed by atoms with Crippen LogP contribution in [-0.2, 0) is 57.0 Å². The van der Waals surface area contributed by atoms with Crippen molar-refractivity contribution in [3.63, 3.8) is 0 Å². The third kappa shape index (κ3) is 11.6. The smallest absolute Gasteiger partial charge is 0.162 e. The summed E-state index contributed by atoms with van der Waals surface area (Å²) < 4.78 is 42.2. The van der Waals surface area contributed by atoms with E-state index in [2.05, 4.69) is 146 Å². The van der Waals surface area contributed by atoms with Crippen molar-refractivity contribution < 1.29 is 28.4 Å². The lowest BCUT2D eigenvalue weighted by molar-refractivity contribution is -0.0472. The minimum absolute atomic E-state index is 0.358. The van der Waals surface area contributed by atoms with Gasteiger partial charge in [-0.1, -0.05) is 218 Å². The maximum absolute atomic E-state index is 7.62. The molecule has 0 fully saturated rings. The Morgan fingerprint density at radius 1 is 0.357 bits per heavy atom. The largest absolute Gasteiger partial charge is 0.488 e. The molecule has 10 rings (SSSR count). The fourth-order valence-corrected chi connectivity index (χ4v) is 9.03. The Morgan fingerprint density at radius 2 is 0.743 bits per heavy atom. The summed E-state index contributed by atoms with van der Waals surface area (Å²) in [5, 5.41) is 0. The lowest BCUT2D eigenvalue weighted by Gasteiger charge is -2.37. The zero-order chi connectivity index (χ0) is 47.2. The number of fused-ring (bicyclic) bond motifs is 1. The Kier molecular flexibility index (Phi) is 14.9. The predicted octanol–water partition coefficient (Wildman–Crippen LogP) is 14.4. The van der Waals surface area contributed by atoms with Crippen LogP contribution < -0.4 is 23.7 Å². The number of hydrogen-bond acceptors (Lipinski definition) is 6. The van der Waals surface area contributed by atoms with Gasteiger partial charge in [-0.05, 0) is 56.6 Å². The van der Waals surface area contributed by atoms with E-state index >= 15 is 0 Å². The molecule has 6 nitrogen and oxygen atoms in total. The van der Waals surface area contributed by atoms with E-state index in [1.807, 2.05) is 84.9 Å². The van der Waals surface area contributed by atoms with Crippen LogP contribution in [0.4, 0.5) is 0 Å². The SMILES string of the molecule is c1ccc(COc2ccc([C@H]3Oc4c(Cc5ccccc5)c(OCc5ccccc5)c(Cc5ccccc5)c(OCc5ccccc5)c4C[C@@H]3OCc3ccccc3)cc2OCc2ccccc2)cc1. The van der Waals surface area contributed by atoms with Gasteiger partial charge in [0.2, 0.25) is 0 Å². The molecule has 6 heteroatoms. The normalized spacial score (nSPS) is 13.9. The molecule has 0 saturated heterocycles. The van der Waals surface area contributed by atoms with Crippen LogP contribution in [0.2, 0.25) is 0 Å². The topological polar surface area (TPSA) is 55.4 Å². The second kappa shape index (κ2) is 22.8. The van der Waals surface area contributed by atoms with Gasteiger partial charge < -0.3 is 28.4 Å². The van der Waals surface area contributed by atoms with E-state index in [9.17, 15) is 0 Å². The summed E-state index contributed by atoms with van der Waals surface area (Å²) in [7, 11) is 0. The first kappa shape index (κ1) is 45.7. The number of rotatable bonds is 20. The van der Waals surface area contributed by atoms with Crippen LogP contribution in [-0.4, -0.2) is 6.10 Å². The fourth-order valence-electron chi connectivity index (χ4n) is 9.03. The lowest BCUT2D eigenvalue weighted by atomic mass is 9.86. The molecule has 0 N–H and O–H groups in total. The van der Waals surface area contributed by atoms with Gasteiger partial charge in [-0.2, -0.15) is 0 Å². The molecule has 70 heavy (non-hydrogen) atoms. The first-order valence-electron chi connectivity index (χ1n) is 24.1. The quantitative estimate of drug-likeness (QED) is 0.0759. The first-order valence-corrected chi connectivity index (χ1v) is 24.1. The monoisotopic (exact) mass is 920 g/mol. The molecule has 9 aromatic rings. The molecule has 0 radical (unpaired) electrons. The van der Waals surface area contributed by atoms with Crippen molar-refractivity contribution in [2.24, 2.45) is 0 Å². The van der Waals surface area contributed by atoms with E-state index < -0.39 is 12.2 Å². The van der Waals surface area contributed by atoms with Gasteiger partial charge in [-0.25, -0.2) is 0 Å². The standard InChI is InChI=1S/C64H56O6/c1-8-22-47(23-9-1)38-55-62(68-45-52-32-18-6-19-33-52)56(39-48-24-10-2-11-25-48)64-57(63(55)69-46-53-34-20-7-21-35-53)41-60(67-44-51-30-16-5-17-31-51)61(70-64)54-36-37-58(65-42-49-26-12-3-13-27-49)59(40-54)66-43-50-28-14-4-15-29-50/h1-37,40,60-61H,38-39,41-46H2/t60-,61+/m0/s1. The molecule has 1 aliphatic heterocycles. The Bertz CT molecular complexity index is 3020. The van der Waals surface area contributed by atoms with E-state index in [4.69, 9.17) is 28.4 Å². The van der Waals surface area contributed by atoms with Crippen LogP contribution in [0, 0.1) is 0 Å². The predicted molar refractivity (Wildman–Crippen MR) is 277 cm³/mol. The van der Waals surface area contributed by atoms with Crippen molar-refractivity contribution in [3.05, 3.63) is 292 Å². The molecule has 0 bridgehead atoms. The Labute approximate surface area is 411 Å².